The van der Waals surface area contributed by atoms with Crippen LogP contribution in [0.1, 0.15) is 42.1 Å². The van der Waals surface area contributed by atoms with Crippen molar-refractivity contribution in [1.82, 2.24) is 29.9 Å². The molecule has 4 aromatic rings. The molecule has 2 N–H and O–H groups in total. The standard InChI is InChI=1S/C27H33N7O3/c1-28-25-14-24-23(16-30-25)26(19-15-31-33(2)17-19)32-34(24)20-7-9-21(10-8-20)37-22-6-4-5-18(13-22)27(35)29-11-12-36-3/h4-6,13-17,20-21H,7-12H2,1-3H3,(H,28,30)(H,29,35)/t20-,21+. The summed E-state index contributed by atoms with van der Waals surface area (Å²) in [5, 5.41) is 16.4. The van der Waals surface area contributed by atoms with Crippen molar-refractivity contribution in [2.75, 3.05) is 32.6 Å². The third kappa shape index (κ3) is 5.43. The van der Waals surface area contributed by atoms with Crippen molar-refractivity contribution in [3.63, 3.8) is 0 Å². The van der Waals surface area contributed by atoms with Crippen molar-refractivity contribution in [2.45, 2.75) is 37.8 Å². The number of pyridine rings is 1. The van der Waals surface area contributed by atoms with Gasteiger partial charge in [0, 0.05) is 62.7 Å². The van der Waals surface area contributed by atoms with E-state index in [-0.39, 0.29) is 18.1 Å². The molecule has 194 valence electrons. The van der Waals surface area contributed by atoms with Crippen LogP contribution in [-0.2, 0) is 11.8 Å². The molecule has 1 aromatic carbocycles. The van der Waals surface area contributed by atoms with Gasteiger partial charge in [-0.15, -0.1) is 0 Å². The second kappa shape index (κ2) is 11.0. The molecule has 3 heterocycles. The lowest BCUT2D eigenvalue weighted by Crippen LogP contribution is -2.27. The number of anilines is 1. The number of nitrogens with one attached hydrogen (secondary N) is 2. The molecule has 10 nitrogen and oxygen atoms in total. The summed E-state index contributed by atoms with van der Waals surface area (Å²) in [4.78, 5) is 16.9. The first-order valence-corrected chi connectivity index (χ1v) is 12.6. The second-order valence-corrected chi connectivity index (χ2v) is 9.36. The van der Waals surface area contributed by atoms with Crippen molar-refractivity contribution in [1.29, 1.82) is 0 Å². The van der Waals surface area contributed by atoms with E-state index in [0.717, 1.165) is 59.4 Å². The highest BCUT2D eigenvalue weighted by molar-refractivity contribution is 5.95. The predicted octanol–water partition coefficient (Wildman–Crippen LogP) is 3.81. The summed E-state index contributed by atoms with van der Waals surface area (Å²) in [7, 11) is 5.39. The molecule has 37 heavy (non-hydrogen) atoms. The van der Waals surface area contributed by atoms with Crippen LogP contribution in [0.2, 0.25) is 0 Å². The van der Waals surface area contributed by atoms with Crippen LogP contribution in [0.15, 0.2) is 48.9 Å². The van der Waals surface area contributed by atoms with Gasteiger partial charge >= 0.3 is 0 Å². The van der Waals surface area contributed by atoms with Crippen molar-refractivity contribution < 1.29 is 14.3 Å². The largest absolute Gasteiger partial charge is 0.490 e. The molecule has 0 atom stereocenters. The summed E-state index contributed by atoms with van der Waals surface area (Å²) in [5.74, 6) is 1.40. The number of carbonyl (C=O) groups is 1. The van der Waals surface area contributed by atoms with Crippen LogP contribution in [0.5, 0.6) is 5.75 Å². The number of rotatable bonds is 9. The Morgan fingerprint density at radius 1 is 1.16 bits per heavy atom. The number of benzene rings is 1. The Morgan fingerprint density at radius 2 is 2.00 bits per heavy atom. The number of hydrogen-bond donors (Lipinski definition) is 2. The van der Waals surface area contributed by atoms with Crippen LogP contribution in [0.25, 0.3) is 22.2 Å². The van der Waals surface area contributed by atoms with E-state index in [4.69, 9.17) is 14.6 Å². The van der Waals surface area contributed by atoms with Gasteiger partial charge in [0.05, 0.1) is 30.5 Å². The first kappa shape index (κ1) is 24.8. The smallest absolute Gasteiger partial charge is 0.251 e. The molecule has 3 aromatic heterocycles. The molecule has 1 saturated carbocycles. The van der Waals surface area contributed by atoms with Crippen LogP contribution in [0.3, 0.4) is 0 Å². The fourth-order valence-electron chi connectivity index (χ4n) is 4.88. The molecule has 0 unspecified atom stereocenters. The normalized spacial score (nSPS) is 17.6. The number of aryl methyl sites for hydroxylation is 1. The number of fused-ring (bicyclic) bond motifs is 1. The fourth-order valence-corrected chi connectivity index (χ4v) is 4.88. The Hall–Kier alpha value is -3.92. The lowest BCUT2D eigenvalue weighted by atomic mass is 9.93. The fraction of sp³-hybridized carbons (Fsp3) is 0.407. The maximum Gasteiger partial charge on any atom is 0.251 e. The number of amides is 1. The lowest BCUT2D eigenvalue weighted by Gasteiger charge is -2.29. The third-order valence-electron chi connectivity index (χ3n) is 6.81. The maximum atomic E-state index is 12.4. The van der Waals surface area contributed by atoms with E-state index >= 15 is 0 Å². The molecular weight excluding hydrogens is 470 g/mol. The van der Waals surface area contributed by atoms with E-state index in [1.165, 1.54) is 0 Å². The quantitative estimate of drug-likeness (QED) is 0.334. The van der Waals surface area contributed by atoms with Crippen molar-refractivity contribution in [3.8, 4) is 17.0 Å². The van der Waals surface area contributed by atoms with E-state index in [0.29, 0.717) is 18.7 Å². The zero-order chi connectivity index (χ0) is 25.8. The molecule has 5 rings (SSSR count). The highest BCUT2D eigenvalue weighted by Gasteiger charge is 2.27. The Morgan fingerprint density at radius 3 is 2.73 bits per heavy atom. The predicted molar refractivity (Wildman–Crippen MR) is 142 cm³/mol. The summed E-state index contributed by atoms with van der Waals surface area (Å²) in [5.41, 5.74) is 3.53. The summed E-state index contributed by atoms with van der Waals surface area (Å²) >= 11 is 0. The lowest BCUT2D eigenvalue weighted by molar-refractivity contribution is 0.0935. The Kier molecular flexibility index (Phi) is 7.36. The van der Waals surface area contributed by atoms with Crippen molar-refractivity contribution in [3.05, 3.63) is 54.5 Å². The average molecular weight is 504 g/mol. The summed E-state index contributed by atoms with van der Waals surface area (Å²) in [6, 6.07) is 9.69. The SMILES string of the molecule is CNc1cc2c(cn1)c(-c1cnn(C)c1)nn2[C@H]1CC[C@@H](Oc2cccc(C(=O)NCCOC)c2)CC1. The maximum absolute atomic E-state index is 12.4. The van der Waals surface area contributed by atoms with Gasteiger partial charge in [-0.25, -0.2) is 4.98 Å². The molecule has 0 bridgehead atoms. The molecule has 10 heteroatoms. The Labute approximate surface area is 216 Å². The summed E-state index contributed by atoms with van der Waals surface area (Å²) < 4.78 is 15.2. The summed E-state index contributed by atoms with van der Waals surface area (Å²) in [6.45, 7) is 0.953. The zero-order valence-electron chi connectivity index (χ0n) is 21.5. The minimum Gasteiger partial charge on any atom is -0.490 e. The number of hydrogen-bond acceptors (Lipinski definition) is 7. The first-order valence-electron chi connectivity index (χ1n) is 12.6. The van der Waals surface area contributed by atoms with Gasteiger partial charge in [-0.2, -0.15) is 10.2 Å². The van der Waals surface area contributed by atoms with Gasteiger partial charge in [0.15, 0.2) is 0 Å². The minimum atomic E-state index is -0.128. The third-order valence-corrected chi connectivity index (χ3v) is 6.81. The molecule has 0 radical (unpaired) electrons. The van der Waals surface area contributed by atoms with E-state index in [2.05, 4.69) is 31.5 Å². The van der Waals surface area contributed by atoms with Gasteiger partial charge in [0.1, 0.15) is 17.3 Å². The number of ether oxygens (including phenoxy) is 2. The monoisotopic (exact) mass is 503 g/mol. The molecule has 1 amide bonds. The molecule has 0 aliphatic heterocycles. The zero-order valence-corrected chi connectivity index (χ0v) is 21.5. The van der Waals surface area contributed by atoms with Crippen LogP contribution < -0.4 is 15.4 Å². The Balaban J connectivity index is 1.29. The van der Waals surface area contributed by atoms with Gasteiger partial charge in [-0.3, -0.25) is 14.2 Å². The number of aromatic nitrogens is 5. The molecule has 1 fully saturated rings. The topological polar surface area (TPSA) is 108 Å². The highest BCUT2D eigenvalue weighted by atomic mass is 16.5. The van der Waals surface area contributed by atoms with Crippen LogP contribution in [-0.4, -0.2) is 63.9 Å². The van der Waals surface area contributed by atoms with Gasteiger partial charge in [0.25, 0.3) is 5.91 Å². The van der Waals surface area contributed by atoms with E-state index in [1.807, 2.05) is 50.9 Å². The van der Waals surface area contributed by atoms with E-state index in [9.17, 15) is 4.79 Å². The van der Waals surface area contributed by atoms with Gasteiger partial charge in [0.2, 0.25) is 0 Å². The second-order valence-electron chi connectivity index (χ2n) is 9.36. The number of carbonyl (C=O) groups excluding carboxylic acids is 1. The van der Waals surface area contributed by atoms with Gasteiger partial charge in [-0.1, -0.05) is 6.07 Å². The van der Waals surface area contributed by atoms with Crippen LogP contribution in [0.4, 0.5) is 5.82 Å². The van der Waals surface area contributed by atoms with E-state index in [1.54, 1.807) is 17.9 Å². The number of methoxy groups -OCH3 is 1. The molecule has 1 aliphatic rings. The number of nitrogens with zero attached hydrogens (tertiary/aromatic N) is 5. The van der Waals surface area contributed by atoms with Crippen molar-refractivity contribution in [2.24, 2.45) is 7.05 Å². The van der Waals surface area contributed by atoms with Gasteiger partial charge < -0.3 is 20.1 Å². The first-order chi connectivity index (χ1) is 18.1. The average Bonchev–Trinajstić information content (AvgIpc) is 3.52. The molecule has 0 spiro atoms. The molecular formula is C27H33N7O3. The van der Waals surface area contributed by atoms with Crippen LogP contribution in [0, 0.1) is 0 Å². The summed E-state index contributed by atoms with van der Waals surface area (Å²) in [6.07, 6.45) is 9.51. The van der Waals surface area contributed by atoms with E-state index < -0.39 is 0 Å². The molecule has 1 aliphatic carbocycles. The van der Waals surface area contributed by atoms with Crippen LogP contribution >= 0.6 is 0 Å². The van der Waals surface area contributed by atoms with Gasteiger partial charge in [-0.05, 0) is 43.9 Å². The Bertz CT molecular complexity index is 1370. The van der Waals surface area contributed by atoms with Crippen molar-refractivity contribution >= 4 is 22.6 Å². The highest BCUT2D eigenvalue weighted by Crippen LogP contribution is 2.36. The minimum absolute atomic E-state index is 0.0946. The molecule has 0 saturated heterocycles.